The second kappa shape index (κ2) is 10.1. The average molecular weight is 383 g/mol. The second-order valence-corrected chi connectivity index (χ2v) is 6.45. The summed E-state index contributed by atoms with van der Waals surface area (Å²) in [6.45, 7) is 1.88. The molecule has 0 saturated carbocycles. The van der Waals surface area contributed by atoms with Gasteiger partial charge in [-0.1, -0.05) is 54.6 Å². The topological polar surface area (TPSA) is 111 Å². The lowest BCUT2D eigenvalue weighted by Crippen LogP contribution is -2.45. The number of carbonyl (C=O) groups is 3. The van der Waals surface area contributed by atoms with Crippen molar-refractivity contribution >= 4 is 17.9 Å². The molecule has 28 heavy (non-hydrogen) atoms. The predicted octanol–water partition coefficient (Wildman–Crippen LogP) is 2.00. The number of esters is 1. The zero-order valence-corrected chi connectivity index (χ0v) is 16.0. The monoisotopic (exact) mass is 383 g/mol. The molecule has 0 unspecified atom stereocenters. The Labute approximate surface area is 164 Å². The van der Waals surface area contributed by atoms with Crippen LogP contribution in [0.1, 0.15) is 29.2 Å². The van der Waals surface area contributed by atoms with E-state index in [1.807, 2.05) is 61.5 Å². The molecule has 0 aliphatic rings. The van der Waals surface area contributed by atoms with Crippen LogP contribution >= 0.6 is 0 Å². The van der Waals surface area contributed by atoms with Crippen molar-refractivity contribution in [3.8, 4) is 0 Å². The lowest BCUT2D eigenvalue weighted by atomic mass is 9.98. The van der Waals surface area contributed by atoms with E-state index in [-0.39, 0.29) is 6.42 Å². The highest BCUT2D eigenvalue weighted by atomic mass is 16.5. The molecule has 0 heterocycles. The van der Waals surface area contributed by atoms with Crippen molar-refractivity contribution in [2.75, 3.05) is 7.11 Å². The van der Waals surface area contributed by atoms with Gasteiger partial charge >= 0.3 is 12.0 Å². The molecule has 7 heteroatoms. The van der Waals surface area contributed by atoms with Crippen LogP contribution in [0.3, 0.4) is 0 Å². The Hall–Kier alpha value is -3.35. The van der Waals surface area contributed by atoms with Crippen LogP contribution in [0.5, 0.6) is 0 Å². The molecule has 0 aromatic heterocycles. The van der Waals surface area contributed by atoms with Crippen LogP contribution < -0.4 is 16.4 Å². The van der Waals surface area contributed by atoms with Gasteiger partial charge in [0, 0.05) is 6.42 Å². The molecule has 2 aromatic carbocycles. The van der Waals surface area contributed by atoms with Gasteiger partial charge in [-0.2, -0.15) is 0 Å². The first-order valence-electron chi connectivity index (χ1n) is 8.93. The molecule has 0 fully saturated rings. The minimum absolute atomic E-state index is 0.0594. The van der Waals surface area contributed by atoms with Crippen LogP contribution in [0, 0.1) is 6.92 Å². The highest BCUT2D eigenvalue weighted by Crippen LogP contribution is 2.20. The van der Waals surface area contributed by atoms with Gasteiger partial charge in [-0.25, -0.2) is 9.59 Å². The molecule has 3 amide bonds. The van der Waals surface area contributed by atoms with Crippen molar-refractivity contribution in [1.82, 2.24) is 10.6 Å². The van der Waals surface area contributed by atoms with E-state index in [1.54, 1.807) is 0 Å². The number of aryl methyl sites for hydroxylation is 1. The minimum Gasteiger partial charge on any atom is -0.467 e. The molecule has 2 aromatic rings. The number of ether oxygens (including phenoxy) is 1. The number of urea groups is 1. The molecule has 2 rings (SSSR count). The fourth-order valence-electron chi connectivity index (χ4n) is 3.01. The molecule has 7 nitrogen and oxygen atoms in total. The Morgan fingerprint density at radius 3 is 2.25 bits per heavy atom. The summed E-state index contributed by atoms with van der Waals surface area (Å²) in [4.78, 5) is 36.1. The normalized spacial score (nSPS) is 12.5. The van der Waals surface area contributed by atoms with Crippen LogP contribution in [-0.4, -0.2) is 31.1 Å². The van der Waals surface area contributed by atoms with Gasteiger partial charge in [0.05, 0.1) is 19.6 Å². The third kappa shape index (κ3) is 6.12. The fraction of sp³-hybridized carbons (Fsp3) is 0.286. The van der Waals surface area contributed by atoms with Gasteiger partial charge in [0.15, 0.2) is 0 Å². The van der Waals surface area contributed by atoms with Crippen LogP contribution in [0.15, 0.2) is 54.6 Å². The Morgan fingerprint density at radius 2 is 1.64 bits per heavy atom. The van der Waals surface area contributed by atoms with Gasteiger partial charge in [0.1, 0.15) is 6.04 Å². The van der Waals surface area contributed by atoms with Crippen LogP contribution in [0.2, 0.25) is 0 Å². The number of amides is 3. The molecular weight excluding hydrogens is 358 g/mol. The third-order valence-electron chi connectivity index (χ3n) is 4.37. The van der Waals surface area contributed by atoms with E-state index < -0.39 is 30.0 Å². The maximum absolute atomic E-state index is 12.6. The predicted molar refractivity (Wildman–Crippen MR) is 105 cm³/mol. The Balaban J connectivity index is 2.13. The third-order valence-corrected chi connectivity index (χ3v) is 4.37. The molecule has 4 N–H and O–H groups in total. The number of primary amides is 1. The summed E-state index contributed by atoms with van der Waals surface area (Å²) in [6.07, 6.45) is 0.244. The molecule has 0 spiro atoms. The average Bonchev–Trinajstić information content (AvgIpc) is 2.67. The number of hydrogen-bond donors (Lipinski definition) is 3. The lowest BCUT2D eigenvalue weighted by Gasteiger charge is -2.22. The van der Waals surface area contributed by atoms with Crippen molar-refractivity contribution in [1.29, 1.82) is 0 Å². The summed E-state index contributed by atoms with van der Waals surface area (Å²) in [5, 5.41) is 5.30. The number of nitrogens with one attached hydrogen (secondary N) is 2. The van der Waals surface area contributed by atoms with Gasteiger partial charge in [0.2, 0.25) is 5.91 Å². The van der Waals surface area contributed by atoms with E-state index in [2.05, 4.69) is 10.6 Å². The lowest BCUT2D eigenvalue weighted by molar-refractivity contribution is -0.145. The molecule has 0 aliphatic carbocycles. The molecule has 0 saturated heterocycles. The highest BCUT2D eigenvalue weighted by Gasteiger charge is 2.25. The molecule has 0 radical (unpaired) electrons. The first-order valence-corrected chi connectivity index (χ1v) is 8.93. The Bertz CT molecular complexity index is 823. The van der Waals surface area contributed by atoms with E-state index in [9.17, 15) is 14.4 Å². The second-order valence-electron chi connectivity index (χ2n) is 6.45. The largest absolute Gasteiger partial charge is 0.467 e. The van der Waals surface area contributed by atoms with Crippen LogP contribution in [0.25, 0.3) is 0 Å². The summed E-state index contributed by atoms with van der Waals surface area (Å²) in [5.74, 6) is -0.930. The number of carbonyl (C=O) groups excluding carboxylic acids is 3. The van der Waals surface area contributed by atoms with Crippen molar-refractivity contribution in [2.45, 2.75) is 31.8 Å². The van der Waals surface area contributed by atoms with E-state index >= 15 is 0 Å². The standard InChI is InChI=1S/C21H25N3O4/c1-14-8-6-7-11-16(14)17(24-21(22)27)13-19(25)23-18(20(26)28-2)12-15-9-4-3-5-10-15/h3-11,17-18H,12-13H2,1-2H3,(H,23,25)(H3,22,24,27)/t17-,18-/m0/s1. The summed E-state index contributed by atoms with van der Waals surface area (Å²) in [6, 6.07) is 14.6. The van der Waals surface area contributed by atoms with Crippen molar-refractivity contribution in [3.05, 3.63) is 71.3 Å². The SMILES string of the molecule is COC(=O)[C@H](Cc1ccccc1)NC(=O)C[C@H](NC(N)=O)c1ccccc1C. The van der Waals surface area contributed by atoms with E-state index in [4.69, 9.17) is 10.5 Å². The number of methoxy groups -OCH3 is 1. The van der Waals surface area contributed by atoms with Gasteiger partial charge in [-0.15, -0.1) is 0 Å². The quantitative estimate of drug-likeness (QED) is 0.606. The zero-order valence-electron chi connectivity index (χ0n) is 16.0. The Morgan fingerprint density at radius 1 is 1.00 bits per heavy atom. The maximum Gasteiger partial charge on any atom is 0.328 e. The summed E-state index contributed by atoms with van der Waals surface area (Å²) < 4.78 is 4.82. The summed E-state index contributed by atoms with van der Waals surface area (Å²) in [5.41, 5.74) is 7.87. The van der Waals surface area contributed by atoms with Crippen molar-refractivity contribution in [2.24, 2.45) is 5.73 Å². The number of benzene rings is 2. The van der Waals surface area contributed by atoms with E-state index in [0.717, 1.165) is 16.7 Å². The summed E-state index contributed by atoms with van der Waals surface area (Å²) in [7, 11) is 1.28. The highest BCUT2D eigenvalue weighted by molar-refractivity contribution is 5.85. The van der Waals surface area contributed by atoms with E-state index in [1.165, 1.54) is 7.11 Å². The van der Waals surface area contributed by atoms with E-state index in [0.29, 0.717) is 6.42 Å². The molecule has 148 valence electrons. The van der Waals surface area contributed by atoms with Crippen LogP contribution in [0.4, 0.5) is 4.79 Å². The number of hydrogen-bond acceptors (Lipinski definition) is 4. The Kier molecular flexibility index (Phi) is 7.56. The smallest absolute Gasteiger partial charge is 0.328 e. The minimum atomic E-state index is -0.828. The molecule has 0 aliphatic heterocycles. The van der Waals surface area contributed by atoms with Crippen molar-refractivity contribution < 1.29 is 19.1 Å². The molecular formula is C21H25N3O4. The number of rotatable bonds is 8. The fourth-order valence-corrected chi connectivity index (χ4v) is 3.01. The zero-order chi connectivity index (χ0) is 20.5. The molecule has 0 bridgehead atoms. The number of nitrogens with two attached hydrogens (primary N) is 1. The van der Waals surface area contributed by atoms with Gasteiger partial charge in [0.25, 0.3) is 0 Å². The first-order chi connectivity index (χ1) is 13.4. The van der Waals surface area contributed by atoms with Gasteiger partial charge in [-0.05, 0) is 23.6 Å². The van der Waals surface area contributed by atoms with Crippen molar-refractivity contribution in [3.63, 3.8) is 0 Å². The van der Waals surface area contributed by atoms with Gasteiger partial charge in [-0.3, -0.25) is 4.79 Å². The van der Waals surface area contributed by atoms with Crippen LogP contribution in [-0.2, 0) is 20.7 Å². The molecule has 2 atom stereocenters. The maximum atomic E-state index is 12.6. The summed E-state index contributed by atoms with van der Waals surface area (Å²) >= 11 is 0. The van der Waals surface area contributed by atoms with Gasteiger partial charge < -0.3 is 21.1 Å². The first kappa shape index (κ1) is 21.0.